The van der Waals surface area contributed by atoms with Gasteiger partial charge in [0.1, 0.15) is 0 Å². The average Bonchev–Trinajstić information content (AvgIpc) is 2.24. The molecule has 1 aromatic rings. The van der Waals surface area contributed by atoms with Gasteiger partial charge in [-0.2, -0.15) is 0 Å². The molecule has 1 aliphatic rings. The highest BCUT2D eigenvalue weighted by atomic mass is 15.3. The molecule has 0 bridgehead atoms. The number of hydrogen-bond acceptors (Lipinski definition) is 4. The van der Waals surface area contributed by atoms with Crippen molar-refractivity contribution < 1.29 is 0 Å². The zero-order valence-electron chi connectivity index (χ0n) is 10.1. The lowest BCUT2D eigenvalue weighted by Crippen LogP contribution is -2.49. The standard InChI is InChI=1S/C12H20N4/c1-10-8-16(6-5-15(10)2)9-12-7-11(13)3-4-14-12/h3-4,7,10H,5-6,8-9H2,1-2H3,(H2,13,14). The maximum Gasteiger partial charge on any atom is 0.0564 e. The number of nitrogen functional groups attached to an aromatic ring is 1. The number of hydrogen-bond donors (Lipinski definition) is 1. The van der Waals surface area contributed by atoms with E-state index in [1.807, 2.05) is 12.1 Å². The maximum atomic E-state index is 5.75. The SMILES string of the molecule is CC1CN(Cc2cc(N)ccn2)CCN1C. The minimum absolute atomic E-state index is 0.620. The highest BCUT2D eigenvalue weighted by molar-refractivity contribution is 5.37. The smallest absolute Gasteiger partial charge is 0.0564 e. The summed E-state index contributed by atoms with van der Waals surface area (Å²) in [6, 6.07) is 4.41. The van der Waals surface area contributed by atoms with E-state index in [0.29, 0.717) is 6.04 Å². The highest BCUT2D eigenvalue weighted by Crippen LogP contribution is 2.11. The largest absolute Gasteiger partial charge is 0.399 e. The molecule has 0 spiro atoms. The molecule has 0 saturated carbocycles. The normalized spacial score (nSPS) is 23.5. The van der Waals surface area contributed by atoms with Gasteiger partial charge in [-0.3, -0.25) is 9.88 Å². The summed E-state index contributed by atoms with van der Waals surface area (Å²) in [6.45, 7) is 6.51. The van der Waals surface area contributed by atoms with E-state index in [2.05, 4.69) is 28.8 Å². The monoisotopic (exact) mass is 220 g/mol. The first-order valence-electron chi connectivity index (χ1n) is 5.78. The lowest BCUT2D eigenvalue weighted by molar-refractivity contribution is 0.0991. The summed E-state index contributed by atoms with van der Waals surface area (Å²) in [5.74, 6) is 0. The quantitative estimate of drug-likeness (QED) is 0.801. The van der Waals surface area contributed by atoms with Crippen LogP contribution in [0.1, 0.15) is 12.6 Å². The Kier molecular flexibility index (Phi) is 3.41. The second-order valence-electron chi connectivity index (χ2n) is 4.65. The van der Waals surface area contributed by atoms with Crippen molar-refractivity contribution in [2.24, 2.45) is 0 Å². The number of rotatable bonds is 2. The first-order valence-corrected chi connectivity index (χ1v) is 5.78. The number of likely N-dealkylation sites (N-methyl/N-ethyl adjacent to an activating group) is 1. The predicted molar refractivity (Wildman–Crippen MR) is 66.0 cm³/mol. The van der Waals surface area contributed by atoms with E-state index in [9.17, 15) is 0 Å². The van der Waals surface area contributed by atoms with E-state index in [-0.39, 0.29) is 0 Å². The Morgan fingerprint density at radius 1 is 1.50 bits per heavy atom. The van der Waals surface area contributed by atoms with Crippen molar-refractivity contribution in [1.82, 2.24) is 14.8 Å². The van der Waals surface area contributed by atoms with Crippen LogP contribution in [0.5, 0.6) is 0 Å². The molecule has 4 nitrogen and oxygen atoms in total. The van der Waals surface area contributed by atoms with Crippen LogP contribution >= 0.6 is 0 Å². The second-order valence-corrected chi connectivity index (χ2v) is 4.65. The van der Waals surface area contributed by atoms with Crippen LogP contribution in [0.4, 0.5) is 5.69 Å². The summed E-state index contributed by atoms with van der Waals surface area (Å²) in [5.41, 5.74) is 7.61. The minimum Gasteiger partial charge on any atom is -0.399 e. The third kappa shape index (κ3) is 2.71. The van der Waals surface area contributed by atoms with Crippen LogP contribution in [-0.2, 0) is 6.54 Å². The number of piperazine rings is 1. The summed E-state index contributed by atoms with van der Waals surface area (Å²) < 4.78 is 0. The summed E-state index contributed by atoms with van der Waals surface area (Å²) >= 11 is 0. The van der Waals surface area contributed by atoms with Crippen LogP contribution in [0, 0.1) is 0 Å². The molecule has 16 heavy (non-hydrogen) atoms. The Morgan fingerprint density at radius 3 is 3.00 bits per heavy atom. The van der Waals surface area contributed by atoms with Crippen molar-refractivity contribution in [1.29, 1.82) is 0 Å². The number of aromatic nitrogens is 1. The molecule has 1 aliphatic heterocycles. The van der Waals surface area contributed by atoms with Crippen molar-refractivity contribution >= 4 is 5.69 Å². The van der Waals surface area contributed by atoms with Gasteiger partial charge in [0.15, 0.2) is 0 Å². The summed E-state index contributed by atoms with van der Waals surface area (Å²) in [5, 5.41) is 0. The molecule has 2 N–H and O–H groups in total. The molecule has 88 valence electrons. The minimum atomic E-state index is 0.620. The number of pyridine rings is 1. The Bertz CT molecular complexity index is 353. The Labute approximate surface area is 97.1 Å². The Hall–Kier alpha value is -1.13. The molecule has 0 radical (unpaired) electrons. The Balaban J connectivity index is 1.95. The second kappa shape index (κ2) is 4.80. The van der Waals surface area contributed by atoms with Crippen molar-refractivity contribution in [3.8, 4) is 0 Å². The third-order valence-electron chi connectivity index (χ3n) is 3.27. The summed E-state index contributed by atoms with van der Waals surface area (Å²) in [4.78, 5) is 9.17. The van der Waals surface area contributed by atoms with Gasteiger partial charge >= 0.3 is 0 Å². The highest BCUT2D eigenvalue weighted by Gasteiger charge is 2.20. The van der Waals surface area contributed by atoms with Gasteiger partial charge in [-0.05, 0) is 26.1 Å². The number of nitrogens with two attached hydrogens (primary N) is 1. The zero-order chi connectivity index (χ0) is 11.5. The van der Waals surface area contributed by atoms with Crippen LogP contribution in [0.15, 0.2) is 18.3 Å². The average molecular weight is 220 g/mol. The molecule has 4 heteroatoms. The van der Waals surface area contributed by atoms with E-state index in [4.69, 9.17) is 5.73 Å². The lowest BCUT2D eigenvalue weighted by Gasteiger charge is -2.37. The fourth-order valence-electron chi connectivity index (χ4n) is 2.08. The van der Waals surface area contributed by atoms with Gasteiger partial charge < -0.3 is 10.6 Å². The van der Waals surface area contributed by atoms with Crippen LogP contribution in [0.2, 0.25) is 0 Å². The Morgan fingerprint density at radius 2 is 2.31 bits per heavy atom. The molecular weight excluding hydrogens is 200 g/mol. The van der Waals surface area contributed by atoms with Crippen LogP contribution in [-0.4, -0.2) is 47.5 Å². The lowest BCUT2D eigenvalue weighted by atomic mass is 10.2. The van der Waals surface area contributed by atoms with Crippen molar-refractivity contribution in [2.45, 2.75) is 19.5 Å². The number of anilines is 1. The van der Waals surface area contributed by atoms with Crippen LogP contribution in [0.3, 0.4) is 0 Å². The molecule has 1 aromatic heterocycles. The zero-order valence-corrected chi connectivity index (χ0v) is 10.1. The van der Waals surface area contributed by atoms with Crippen molar-refractivity contribution in [3.63, 3.8) is 0 Å². The predicted octanol–water partition coefficient (Wildman–Crippen LogP) is 0.800. The van der Waals surface area contributed by atoms with E-state index in [1.165, 1.54) is 0 Å². The first kappa shape index (κ1) is 11.4. The molecule has 1 fully saturated rings. The van der Waals surface area contributed by atoms with Gasteiger partial charge in [-0.25, -0.2) is 0 Å². The van der Waals surface area contributed by atoms with Gasteiger partial charge in [0.05, 0.1) is 5.69 Å². The molecule has 0 amide bonds. The van der Waals surface area contributed by atoms with Crippen molar-refractivity contribution in [2.75, 3.05) is 32.4 Å². The van der Waals surface area contributed by atoms with E-state index in [1.54, 1.807) is 6.20 Å². The van der Waals surface area contributed by atoms with E-state index in [0.717, 1.165) is 37.6 Å². The van der Waals surface area contributed by atoms with Crippen LogP contribution < -0.4 is 5.73 Å². The van der Waals surface area contributed by atoms with Gasteiger partial charge in [0.2, 0.25) is 0 Å². The first-order chi connectivity index (χ1) is 7.65. The summed E-state index contributed by atoms with van der Waals surface area (Å²) in [7, 11) is 2.18. The van der Waals surface area contributed by atoms with Gasteiger partial charge in [0.25, 0.3) is 0 Å². The topological polar surface area (TPSA) is 45.4 Å². The van der Waals surface area contributed by atoms with Gasteiger partial charge in [0, 0.05) is 44.1 Å². The van der Waals surface area contributed by atoms with E-state index < -0.39 is 0 Å². The van der Waals surface area contributed by atoms with Crippen molar-refractivity contribution in [3.05, 3.63) is 24.0 Å². The molecule has 0 aliphatic carbocycles. The third-order valence-corrected chi connectivity index (χ3v) is 3.27. The fourth-order valence-corrected chi connectivity index (χ4v) is 2.08. The van der Waals surface area contributed by atoms with Gasteiger partial charge in [-0.15, -0.1) is 0 Å². The fraction of sp³-hybridized carbons (Fsp3) is 0.583. The van der Waals surface area contributed by atoms with Crippen LogP contribution in [0.25, 0.3) is 0 Å². The molecule has 1 atom stereocenters. The van der Waals surface area contributed by atoms with Gasteiger partial charge in [-0.1, -0.05) is 0 Å². The molecular formula is C12H20N4. The molecule has 2 rings (SSSR count). The molecule has 1 unspecified atom stereocenters. The molecule has 1 saturated heterocycles. The van der Waals surface area contributed by atoms with E-state index >= 15 is 0 Å². The maximum absolute atomic E-state index is 5.75. The number of nitrogens with zero attached hydrogens (tertiary/aromatic N) is 3. The summed E-state index contributed by atoms with van der Waals surface area (Å²) in [6.07, 6.45) is 1.78. The molecule has 2 heterocycles. The molecule has 0 aromatic carbocycles.